The monoisotopic (exact) mass is 422 g/mol. The van der Waals surface area contributed by atoms with Gasteiger partial charge in [-0.3, -0.25) is 4.79 Å². The molecule has 3 heteroatoms. The number of rotatable bonds is 7. The third-order valence-electron chi connectivity index (χ3n) is 5.86. The van der Waals surface area contributed by atoms with Gasteiger partial charge in [-0.25, -0.2) is 0 Å². The van der Waals surface area contributed by atoms with Crippen LogP contribution in [-0.2, 0) is 0 Å². The normalized spacial score (nSPS) is 12.1. The van der Waals surface area contributed by atoms with Gasteiger partial charge in [0.05, 0.1) is 6.04 Å². The van der Waals surface area contributed by atoms with Gasteiger partial charge in [0.15, 0.2) is 0 Å². The Balaban J connectivity index is 1.57. The summed E-state index contributed by atoms with van der Waals surface area (Å²) in [7, 11) is 4.11. The van der Waals surface area contributed by atoms with Crippen LogP contribution in [-0.4, -0.2) is 31.4 Å². The molecular formula is C29H30N2O. The van der Waals surface area contributed by atoms with E-state index in [1.54, 1.807) is 0 Å². The maximum atomic E-state index is 13.2. The zero-order valence-corrected chi connectivity index (χ0v) is 19.0. The van der Waals surface area contributed by atoms with Crippen LogP contribution in [0.5, 0.6) is 0 Å². The zero-order valence-electron chi connectivity index (χ0n) is 19.0. The number of hydrogen-bond acceptors (Lipinski definition) is 2. The largest absolute Gasteiger partial charge is 0.345 e. The fourth-order valence-electron chi connectivity index (χ4n) is 3.96. The van der Waals surface area contributed by atoms with Gasteiger partial charge in [0.25, 0.3) is 5.91 Å². The summed E-state index contributed by atoms with van der Waals surface area (Å²) in [4.78, 5) is 15.4. The predicted octanol–water partition coefficient (Wildman–Crippen LogP) is 6.24. The number of hydrogen-bond donors (Lipinski definition) is 1. The Hall–Kier alpha value is -3.43. The fraction of sp³-hybridized carbons (Fsp3) is 0.207. The van der Waals surface area contributed by atoms with Crippen LogP contribution >= 0.6 is 0 Å². The summed E-state index contributed by atoms with van der Waals surface area (Å²) in [5, 5.41) is 5.68. The molecule has 0 aliphatic rings. The van der Waals surface area contributed by atoms with E-state index in [1.807, 2.05) is 24.3 Å². The minimum atomic E-state index is -0.0445. The van der Waals surface area contributed by atoms with Crippen LogP contribution in [0, 0.1) is 6.92 Å². The molecule has 0 heterocycles. The van der Waals surface area contributed by atoms with Gasteiger partial charge in [-0.2, -0.15) is 0 Å². The number of carbonyl (C=O) groups is 1. The molecule has 4 rings (SSSR count). The van der Waals surface area contributed by atoms with Crippen LogP contribution in [0.1, 0.15) is 33.9 Å². The SMILES string of the molecule is Cc1ccc([C@H](CCN(C)C)NC(=O)c2cccc(-c3ccc4ccccc4c3)c2)cc1. The molecule has 0 spiro atoms. The lowest BCUT2D eigenvalue weighted by molar-refractivity contribution is 0.0932. The van der Waals surface area contributed by atoms with Crippen LogP contribution < -0.4 is 5.32 Å². The van der Waals surface area contributed by atoms with Crippen molar-refractivity contribution in [3.8, 4) is 11.1 Å². The molecule has 0 radical (unpaired) electrons. The molecule has 3 nitrogen and oxygen atoms in total. The average Bonchev–Trinajstić information content (AvgIpc) is 2.82. The number of carbonyl (C=O) groups excluding carboxylic acids is 1. The third kappa shape index (κ3) is 5.24. The maximum absolute atomic E-state index is 13.2. The van der Waals surface area contributed by atoms with E-state index >= 15 is 0 Å². The quantitative estimate of drug-likeness (QED) is 0.382. The van der Waals surface area contributed by atoms with Crippen molar-refractivity contribution in [3.05, 3.63) is 108 Å². The molecule has 4 aromatic carbocycles. The second-order valence-corrected chi connectivity index (χ2v) is 8.67. The molecule has 0 fully saturated rings. The van der Waals surface area contributed by atoms with Crippen molar-refractivity contribution in [2.24, 2.45) is 0 Å². The van der Waals surface area contributed by atoms with Crippen molar-refractivity contribution in [3.63, 3.8) is 0 Å². The van der Waals surface area contributed by atoms with Crippen LogP contribution in [0.25, 0.3) is 21.9 Å². The Labute approximate surface area is 190 Å². The summed E-state index contributed by atoms with van der Waals surface area (Å²) in [5.74, 6) is -0.0445. The van der Waals surface area contributed by atoms with Gasteiger partial charge in [-0.1, -0.05) is 78.4 Å². The minimum absolute atomic E-state index is 0.0326. The zero-order chi connectivity index (χ0) is 22.5. The van der Waals surface area contributed by atoms with E-state index in [0.29, 0.717) is 5.56 Å². The Morgan fingerprint density at radius 1 is 0.812 bits per heavy atom. The molecule has 0 aliphatic carbocycles. The molecule has 0 saturated carbocycles. The van der Waals surface area contributed by atoms with Crippen molar-refractivity contribution >= 4 is 16.7 Å². The van der Waals surface area contributed by atoms with E-state index in [0.717, 1.165) is 29.7 Å². The first kappa shape index (κ1) is 21.8. The first-order valence-corrected chi connectivity index (χ1v) is 11.1. The molecule has 1 atom stereocenters. The molecule has 32 heavy (non-hydrogen) atoms. The highest BCUT2D eigenvalue weighted by Crippen LogP contribution is 2.26. The van der Waals surface area contributed by atoms with Gasteiger partial charge in [0, 0.05) is 5.56 Å². The van der Waals surface area contributed by atoms with Crippen molar-refractivity contribution < 1.29 is 4.79 Å². The van der Waals surface area contributed by atoms with Crippen molar-refractivity contribution in [1.29, 1.82) is 0 Å². The predicted molar refractivity (Wildman–Crippen MR) is 134 cm³/mol. The molecule has 0 bridgehead atoms. The highest BCUT2D eigenvalue weighted by Gasteiger charge is 2.16. The Kier molecular flexibility index (Phi) is 6.67. The minimum Gasteiger partial charge on any atom is -0.345 e. The highest BCUT2D eigenvalue weighted by atomic mass is 16.1. The Morgan fingerprint density at radius 2 is 1.53 bits per heavy atom. The van der Waals surface area contributed by atoms with E-state index < -0.39 is 0 Å². The van der Waals surface area contributed by atoms with Gasteiger partial charge in [-0.05, 0) is 79.6 Å². The van der Waals surface area contributed by atoms with Crippen molar-refractivity contribution in [2.45, 2.75) is 19.4 Å². The molecule has 4 aromatic rings. The van der Waals surface area contributed by atoms with Gasteiger partial charge < -0.3 is 10.2 Å². The van der Waals surface area contributed by atoms with Crippen molar-refractivity contribution in [1.82, 2.24) is 10.2 Å². The Morgan fingerprint density at radius 3 is 2.28 bits per heavy atom. The van der Waals surface area contributed by atoms with Crippen LogP contribution in [0.15, 0.2) is 91.0 Å². The van der Waals surface area contributed by atoms with Crippen LogP contribution in [0.3, 0.4) is 0 Å². The average molecular weight is 423 g/mol. The fourth-order valence-corrected chi connectivity index (χ4v) is 3.96. The number of fused-ring (bicyclic) bond motifs is 1. The molecule has 0 saturated heterocycles. The number of nitrogens with one attached hydrogen (secondary N) is 1. The van der Waals surface area contributed by atoms with Gasteiger partial charge >= 0.3 is 0 Å². The summed E-state index contributed by atoms with van der Waals surface area (Å²) in [6.07, 6.45) is 0.853. The summed E-state index contributed by atoms with van der Waals surface area (Å²) in [6, 6.07) is 31.0. The van der Waals surface area contributed by atoms with Crippen molar-refractivity contribution in [2.75, 3.05) is 20.6 Å². The lowest BCUT2D eigenvalue weighted by Gasteiger charge is -2.22. The summed E-state index contributed by atoms with van der Waals surface area (Å²) in [5.41, 5.74) is 5.19. The van der Waals surface area contributed by atoms with Crippen LogP contribution in [0.2, 0.25) is 0 Å². The number of benzene rings is 4. The summed E-state index contributed by atoms with van der Waals surface area (Å²) < 4.78 is 0. The first-order chi connectivity index (χ1) is 15.5. The van der Waals surface area contributed by atoms with E-state index in [4.69, 9.17) is 0 Å². The first-order valence-electron chi connectivity index (χ1n) is 11.1. The molecule has 0 aromatic heterocycles. The number of amides is 1. The van der Waals surface area contributed by atoms with E-state index in [-0.39, 0.29) is 11.9 Å². The Bertz CT molecular complexity index is 1210. The standard InChI is InChI=1S/C29H30N2O/c1-21-11-13-23(14-12-21)28(17-18-31(2)3)30-29(32)27-10-6-9-25(20-27)26-16-15-22-7-4-5-8-24(22)19-26/h4-16,19-20,28H,17-18H2,1-3H3,(H,30,32)/t28-/m0/s1. The van der Waals surface area contributed by atoms with Crippen LogP contribution in [0.4, 0.5) is 0 Å². The second-order valence-electron chi connectivity index (χ2n) is 8.67. The second kappa shape index (κ2) is 9.80. The van der Waals surface area contributed by atoms with Gasteiger partial charge in [0.1, 0.15) is 0 Å². The molecule has 0 unspecified atom stereocenters. The summed E-state index contributed by atoms with van der Waals surface area (Å²) >= 11 is 0. The number of aryl methyl sites for hydroxylation is 1. The lowest BCUT2D eigenvalue weighted by Crippen LogP contribution is -2.31. The lowest BCUT2D eigenvalue weighted by atomic mass is 9.98. The topological polar surface area (TPSA) is 32.3 Å². The molecule has 162 valence electrons. The molecule has 1 N–H and O–H groups in total. The summed E-state index contributed by atoms with van der Waals surface area (Å²) in [6.45, 7) is 2.98. The molecule has 0 aliphatic heterocycles. The van der Waals surface area contributed by atoms with E-state index in [2.05, 4.69) is 98.0 Å². The smallest absolute Gasteiger partial charge is 0.251 e. The van der Waals surface area contributed by atoms with Gasteiger partial charge in [-0.15, -0.1) is 0 Å². The highest BCUT2D eigenvalue weighted by molar-refractivity contribution is 5.96. The van der Waals surface area contributed by atoms with E-state index in [9.17, 15) is 4.79 Å². The van der Waals surface area contributed by atoms with E-state index in [1.165, 1.54) is 16.3 Å². The van der Waals surface area contributed by atoms with Gasteiger partial charge in [0.2, 0.25) is 0 Å². The molecular weight excluding hydrogens is 392 g/mol. The maximum Gasteiger partial charge on any atom is 0.251 e. The third-order valence-corrected chi connectivity index (χ3v) is 5.86. The molecule has 1 amide bonds. The number of nitrogens with zero attached hydrogens (tertiary/aromatic N) is 1.